The fourth-order valence-corrected chi connectivity index (χ4v) is 2.29. The Balaban J connectivity index is 2.24. The molecule has 6 nitrogen and oxygen atoms in total. The molecule has 1 heterocycles. The number of benzene rings is 1. The number of para-hydroxylation sites is 1. The summed E-state index contributed by atoms with van der Waals surface area (Å²) in [5.74, 6) is 0. The SMILES string of the molecule is CCc1nn(C)cc1CNc1c(Cl)cccc1[N+](=O)[O-]. The van der Waals surface area contributed by atoms with Gasteiger partial charge < -0.3 is 5.32 Å². The Bertz CT molecular complexity index is 639. The molecule has 0 aliphatic heterocycles. The molecule has 0 saturated heterocycles. The smallest absolute Gasteiger partial charge is 0.293 e. The average Bonchev–Trinajstić information content (AvgIpc) is 2.77. The summed E-state index contributed by atoms with van der Waals surface area (Å²) in [5, 5.41) is 18.7. The van der Waals surface area contributed by atoms with Crippen LogP contribution in [-0.2, 0) is 20.0 Å². The van der Waals surface area contributed by atoms with E-state index >= 15 is 0 Å². The molecule has 0 fully saturated rings. The minimum Gasteiger partial charge on any atom is -0.374 e. The van der Waals surface area contributed by atoms with Crippen LogP contribution in [0.5, 0.6) is 0 Å². The van der Waals surface area contributed by atoms with E-state index in [4.69, 9.17) is 11.6 Å². The van der Waals surface area contributed by atoms with Crippen LogP contribution in [0.2, 0.25) is 5.02 Å². The van der Waals surface area contributed by atoms with Gasteiger partial charge in [0.2, 0.25) is 0 Å². The summed E-state index contributed by atoms with van der Waals surface area (Å²) in [4.78, 5) is 10.6. The second-order valence-corrected chi connectivity index (χ2v) is 4.78. The molecule has 0 aliphatic rings. The molecule has 0 radical (unpaired) electrons. The Hall–Kier alpha value is -2.08. The van der Waals surface area contributed by atoms with Gasteiger partial charge in [-0.3, -0.25) is 14.8 Å². The van der Waals surface area contributed by atoms with Crippen molar-refractivity contribution in [3.8, 4) is 0 Å². The molecule has 2 rings (SSSR count). The Morgan fingerprint density at radius 3 is 2.90 bits per heavy atom. The van der Waals surface area contributed by atoms with E-state index in [-0.39, 0.29) is 5.69 Å². The number of nitrogens with one attached hydrogen (secondary N) is 1. The predicted molar refractivity (Wildman–Crippen MR) is 78.0 cm³/mol. The molecular formula is C13H15ClN4O2. The Kier molecular flexibility index (Phi) is 4.24. The number of anilines is 1. The topological polar surface area (TPSA) is 73.0 Å². The van der Waals surface area contributed by atoms with Crippen LogP contribution >= 0.6 is 11.6 Å². The summed E-state index contributed by atoms with van der Waals surface area (Å²) in [7, 11) is 1.85. The van der Waals surface area contributed by atoms with E-state index < -0.39 is 4.92 Å². The molecule has 0 amide bonds. The number of halogens is 1. The van der Waals surface area contributed by atoms with Gasteiger partial charge >= 0.3 is 0 Å². The predicted octanol–water partition coefficient (Wildman–Crippen LogP) is 3.16. The highest BCUT2D eigenvalue weighted by Gasteiger charge is 2.17. The van der Waals surface area contributed by atoms with Gasteiger partial charge in [0.15, 0.2) is 0 Å². The van der Waals surface area contributed by atoms with E-state index in [0.29, 0.717) is 17.3 Å². The fourth-order valence-electron chi connectivity index (χ4n) is 2.05. The largest absolute Gasteiger partial charge is 0.374 e. The van der Waals surface area contributed by atoms with Gasteiger partial charge in [-0.25, -0.2) is 0 Å². The molecule has 0 aliphatic carbocycles. The van der Waals surface area contributed by atoms with Crippen LogP contribution in [0, 0.1) is 10.1 Å². The number of hydrogen-bond donors (Lipinski definition) is 1. The summed E-state index contributed by atoms with van der Waals surface area (Å²) in [6.45, 7) is 2.46. The number of aromatic nitrogens is 2. The highest BCUT2D eigenvalue weighted by Crippen LogP contribution is 2.32. The Morgan fingerprint density at radius 2 is 2.25 bits per heavy atom. The summed E-state index contributed by atoms with van der Waals surface area (Å²) >= 11 is 6.03. The van der Waals surface area contributed by atoms with Crippen molar-refractivity contribution in [1.82, 2.24) is 9.78 Å². The van der Waals surface area contributed by atoms with Crippen molar-refractivity contribution < 1.29 is 4.92 Å². The van der Waals surface area contributed by atoms with Crippen LogP contribution in [0.3, 0.4) is 0 Å². The van der Waals surface area contributed by atoms with Crippen LogP contribution in [0.1, 0.15) is 18.2 Å². The first kappa shape index (κ1) is 14.3. The molecule has 0 atom stereocenters. The summed E-state index contributed by atoms with van der Waals surface area (Å²) < 4.78 is 1.73. The zero-order chi connectivity index (χ0) is 14.7. The van der Waals surface area contributed by atoms with Crippen LogP contribution in [-0.4, -0.2) is 14.7 Å². The first-order chi connectivity index (χ1) is 9.52. The first-order valence-electron chi connectivity index (χ1n) is 6.21. The van der Waals surface area contributed by atoms with Crippen LogP contribution in [0.15, 0.2) is 24.4 Å². The van der Waals surface area contributed by atoms with Crippen LogP contribution in [0.25, 0.3) is 0 Å². The lowest BCUT2D eigenvalue weighted by Crippen LogP contribution is -2.04. The van der Waals surface area contributed by atoms with E-state index in [0.717, 1.165) is 17.7 Å². The van der Waals surface area contributed by atoms with E-state index in [9.17, 15) is 10.1 Å². The van der Waals surface area contributed by atoms with Crippen molar-refractivity contribution in [2.75, 3.05) is 5.32 Å². The highest BCUT2D eigenvalue weighted by molar-refractivity contribution is 6.33. The number of hydrogen-bond acceptors (Lipinski definition) is 4. The van der Waals surface area contributed by atoms with Crippen LogP contribution < -0.4 is 5.32 Å². The third-order valence-corrected chi connectivity index (χ3v) is 3.29. The van der Waals surface area contributed by atoms with Gasteiger partial charge in [0.25, 0.3) is 5.69 Å². The number of nitrogens with zero attached hydrogens (tertiary/aromatic N) is 3. The second-order valence-electron chi connectivity index (χ2n) is 4.37. The zero-order valence-electron chi connectivity index (χ0n) is 11.3. The monoisotopic (exact) mass is 294 g/mol. The highest BCUT2D eigenvalue weighted by atomic mass is 35.5. The minimum absolute atomic E-state index is 0.0283. The van der Waals surface area contributed by atoms with Gasteiger partial charge in [-0.2, -0.15) is 5.10 Å². The number of nitro groups is 1. The molecular weight excluding hydrogens is 280 g/mol. The third kappa shape index (κ3) is 2.91. The Labute approximate surface area is 121 Å². The van der Waals surface area contributed by atoms with Crippen LogP contribution in [0.4, 0.5) is 11.4 Å². The van der Waals surface area contributed by atoms with Gasteiger partial charge in [0.05, 0.1) is 15.6 Å². The van der Waals surface area contributed by atoms with E-state index in [1.165, 1.54) is 6.07 Å². The van der Waals surface area contributed by atoms with Crippen molar-refractivity contribution in [3.05, 3.63) is 50.8 Å². The maximum Gasteiger partial charge on any atom is 0.293 e. The molecule has 7 heteroatoms. The van der Waals surface area contributed by atoms with Gasteiger partial charge in [-0.05, 0) is 12.5 Å². The molecule has 0 saturated carbocycles. The van der Waals surface area contributed by atoms with E-state index in [1.54, 1.807) is 16.8 Å². The van der Waals surface area contributed by atoms with E-state index in [1.807, 2.05) is 20.2 Å². The Morgan fingerprint density at radius 1 is 1.50 bits per heavy atom. The molecule has 2 aromatic rings. The number of aryl methyl sites for hydroxylation is 2. The van der Waals surface area contributed by atoms with Gasteiger partial charge in [0.1, 0.15) is 5.69 Å². The summed E-state index contributed by atoms with van der Waals surface area (Å²) in [6.07, 6.45) is 2.71. The second kappa shape index (κ2) is 5.92. The van der Waals surface area contributed by atoms with Crippen molar-refractivity contribution >= 4 is 23.0 Å². The van der Waals surface area contributed by atoms with Gasteiger partial charge in [-0.1, -0.05) is 24.6 Å². The molecule has 1 N–H and O–H groups in total. The fraction of sp³-hybridized carbons (Fsp3) is 0.308. The molecule has 0 bridgehead atoms. The lowest BCUT2D eigenvalue weighted by molar-refractivity contribution is -0.383. The molecule has 0 unspecified atom stereocenters. The lowest BCUT2D eigenvalue weighted by Gasteiger charge is -2.08. The average molecular weight is 295 g/mol. The molecule has 0 spiro atoms. The normalized spacial score (nSPS) is 10.6. The summed E-state index contributed by atoms with van der Waals surface area (Å²) in [5.41, 5.74) is 2.28. The standard InChI is InChI=1S/C13H15ClN4O2/c1-3-11-9(8-17(2)16-11)7-15-13-10(14)5-4-6-12(13)18(19)20/h4-6,8,15H,3,7H2,1-2H3. The number of rotatable bonds is 5. The first-order valence-corrected chi connectivity index (χ1v) is 6.59. The maximum absolute atomic E-state index is 11.0. The zero-order valence-corrected chi connectivity index (χ0v) is 12.0. The van der Waals surface area contributed by atoms with Crippen molar-refractivity contribution in [3.63, 3.8) is 0 Å². The summed E-state index contributed by atoms with van der Waals surface area (Å²) in [6, 6.07) is 4.62. The molecule has 106 valence electrons. The van der Waals surface area contributed by atoms with Crippen molar-refractivity contribution in [2.24, 2.45) is 7.05 Å². The molecule has 1 aromatic carbocycles. The van der Waals surface area contributed by atoms with Gasteiger partial charge in [0, 0.05) is 31.4 Å². The lowest BCUT2D eigenvalue weighted by atomic mass is 10.2. The number of nitro benzene ring substituents is 1. The third-order valence-electron chi connectivity index (χ3n) is 2.97. The van der Waals surface area contributed by atoms with Crippen molar-refractivity contribution in [1.29, 1.82) is 0 Å². The molecule has 1 aromatic heterocycles. The quantitative estimate of drug-likeness (QED) is 0.679. The minimum atomic E-state index is -0.446. The van der Waals surface area contributed by atoms with E-state index in [2.05, 4.69) is 10.4 Å². The molecule has 20 heavy (non-hydrogen) atoms. The van der Waals surface area contributed by atoms with Crippen molar-refractivity contribution in [2.45, 2.75) is 19.9 Å². The van der Waals surface area contributed by atoms with Gasteiger partial charge in [-0.15, -0.1) is 0 Å². The maximum atomic E-state index is 11.0.